The maximum atomic E-state index is 14.3. The number of nitro benzene ring substituents is 1. The molecule has 0 aromatic heterocycles. The maximum Gasteiger partial charge on any atom is 0.272 e. The molecule has 150 valence electrons. The molecule has 1 aliphatic rings. The average molecular weight is 401 g/mol. The first-order valence-electron chi connectivity index (χ1n) is 8.86. The van der Waals surface area contributed by atoms with Crippen LogP contribution in [0.4, 0.5) is 10.1 Å². The van der Waals surface area contributed by atoms with Crippen LogP contribution in [-0.2, 0) is 9.84 Å². The summed E-state index contributed by atoms with van der Waals surface area (Å²) in [4.78, 5) is 26.4. The predicted octanol–water partition coefficient (Wildman–Crippen LogP) is 1.70. The Balaban J connectivity index is 2.28. The fourth-order valence-electron chi connectivity index (χ4n) is 3.21. The number of amides is 1. The van der Waals surface area contributed by atoms with E-state index in [1.54, 1.807) is 0 Å². The second-order valence-electron chi connectivity index (χ2n) is 6.50. The zero-order chi connectivity index (χ0) is 20.2. The molecule has 1 aromatic carbocycles. The lowest BCUT2D eigenvalue weighted by molar-refractivity contribution is -0.385. The maximum absolute atomic E-state index is 14.3. The van der Waals surface area contributed by atoms with Crippen molar-refractivity contribution in [2.45, 2.75) is 26.3 Å². The van der Waals surface area contributed by atoms with Crippen molar-refractivity contribution in [3.63, 3.8) is 0 Å². The number of nitro groups is 1. The van der Waals surface area contributed by atoms with E-state index in [4.69, 9.17) is 0 Å². The van der Waals surface area contributed by atoms with Gasteiger partial charge in [-0.2, -0.15) is 0 Å². The number of non-ortho nitro benzene ring substituents is 1. The van der Waals surface area contributed by atoms with Gasteiger partial charge in [0.2, 0.25) is 0 Å². The molecular formula is C17H24FN3O5S. The van der Waals surface area contributed by atoms with Gasteiger partial charge in [0.05, 0.1) is 28.1 Å². The van der Waals surface area contributed by atoms with Crippen molar-refractivity contribution in [1.29, 1.82) is 0 Å². The molecule has 0 bridgehead atoms. The van der Waals surface area contributed by atoms with Crippen LogP contribution in [0.3, 0.4) is 0 Å². The molecule has 1 amide bonds. The van der Waals surface area contributed by atoms with E-state index in [2.05, 4.69) is 4.90 Å². The van der Waals surface area contributed by atoms with Gasteiger partial charge in [-0.25, -0.2) is 12.8 Å². The number of likely N-dealkylation sites (N-methyl/N-ethyl adjacent to an activating group) is 1. The summed E-state index contributed by atoms with van der Waals surface area (Å²) in [6.45, 7) is 6.29. The Labute approximate surface area is 158 Å². The number of carbonyl (C=O) groups is 1. The summed E-state index contributed by atoms with van der Waals surface area (Å²) < 4.78 is 38.0. The zero-order valence-corrected chi connectivity index (χ0v) is 16.2. The van der Waals surface area contributed by atoms with E-state index in [1.807, 2.05) is 13.8 Å². The first-order valence-corrected chi connectivity index (χ1v) is 10.7. The highest BCUT2D eigenvalue weighted by Crippen LogP contribution is 2.23. The summed E-state index contributed by atoms with van der Waals surface area (Å²) in [6.07, 6.45) is 0.306. The third-order valence-corrected chi connectivity index (χ3v) is 6.61. The van der Waals surface area contributed by atoms with Crippen LogP contribution in [0.25, 0.3) is 0 Å². The van der Waals surface area contributed by atoms with Gasteiger partial charge in [0.1, 0.15) is 5.82 Å². The Kier molecular flexibility index (Phi) is 6.88. The number of nitrogens with zero attached hydrogens (tertiary/aromatic N) is 3. The molecule has 1 unspecified atom stereocenters. The number of sulfone groups is 1. The fourth-order valence-corrected chi connectivity index (χ4v) is 4.94. The van der Waals surface area contributed by atoms with Gasteiger partial charge in [-0.05, 0) is 25.6 Å². The molecule has 1 atom stereocenters. The van der Waals surface area contributed by atoms with Gasteiger partial charge in [-0.1, -0.05) is 13.8 Å². The Morgan fingerprint density at radius 3 is 2.44 bits per heavy atom. The number of hydrogen-bond donors (Lipinski definition) is 0. The second kappa shape index (κ2) is 8.75. The highest BCUT2D eigenvalue weighted by Gasteiger charge is 2.35. The number of rotatable bonds is 8. The Morgan fingerprint density at radius 2 is 1.96 bits per heavy atom. The van der Waals surface area contributed by atoms with Crippen LogP contribution in [0.2, 0.25) is 0 Å². The second-order valence-corrected chi connectivity index (χ2v) is 8.73. The van der Waals surface area contributed by atoms with Crippen molar-refractivity contribution in [2.24, 2.45) is 0 Å². The van der Waals surface area contributed by atoms with Gasteiger partial charge in [0.25, 0.3) is 11.6 Å². The van der Waals surface area contributed by atoms with E-state index in [1.165, 1.54) is 4.90 Å². The van der Waals surface area contributed by atoms with Crippen LogP contribution in [-0.4, -0.2) is 72.8 Å². The molecule has 1 fully saturated rings. The minimum Gasteiger partial charge on any atom is -0.333 e. The largest absolute Gasteiger partial charge is 0.333 e. The summed E-state index contributed by atoms with van der Waals surface area (Å²) >= 11 is 0. The third kappa shape index (κ3) is 5.23. The minimum atomic E-state index is -3.22. The molecule has 1 aliphatic heterocycles. The van der Waals surface area contributed by atoms with Crippen molar-refractivity contribution in [3.8, 4) is 0 Å². The van der Waals surface area contributed by atoms with E-state index < -0.39 is 38.2 Å². The number of benzene rings is 1. The van der Waals surface area contributed by atoms with Crippen molar-refractivity contribution in [1.82, 2.24) is 9.80 Å². The van der Waals surface area contributed by atoms with Gasteiger partial charge in [0, 0.05) is 25.2 Å². The lowest BCUT2D eigenvalue weighted by atomic mass is 10.1. The third-order valence-electron chi connectivity index (χ3n) is 4.86. The molecule has 27 heavy (non-hydrogen) atoms. The Morgan fingerprint density at radius 1 is 1.30 bits per heavy atom. The summed E-state index contributed by atoms with van der Waals surface area (Å²) in [5, 5.41) is 10.8. The van der Waals surface area contributed by atoms with E-state index in [0.717, 1.165) is 25.2 Å². The molecule has 0 saturated carbocycles. The van der Waals surface area contributed by atoms with E-state index in [-0.39, 0.29) is 23.6 Å². The van der Waals surface area contributed by atoms with Gasteiger partial charge >= 0.3 is 0 Å². The first kappa shape index (κ1) is 21.2. The standard InChI is InChI=1S/C17H24FN3O5S/c1-3-19(4-2)8-9-20(14-7-10-27(25,26)12-14)17(22)15-6-5-13(21(23)24)11-16(15)18/h5-6,11,14H,3-4,7-10,12H2,1-2H3. The van der Waals surface area contributed by atoms with Crippen molar-refractivity contribution in [3.05, 3.63) is 39.7 Å². The lowest BCUT2D eigenvalue weighted by Gasteiger charge is -2.31. The topological polar surface area (TPSA) is 101 Å². The van der Waals surface area contributed by atoms with E-state index in [9.17, 15) is 27.7 Å². The molecule has 1 saturated heterocycles. The molecule has 0 spiro atoms. The van der Waals surface area contributed by atoms with Crippen LogP contribution in [0.5, 0.6) is 0 Å². The van der Waals surface area contributed by atoms with Crippen LogP contribution in [0.15, 0.2) is 18.2 Å². The Hall–Kier alpha value is -2.07. The van der Waals surface area contributed by atoms with Crippen molar-refractivity contribution >= 4 is 21.4 Å². The monoisotopic (exact) mass is 401 g/mol. The number of carbonyl (C=O) groups excluding carboxylic acids is 1. The van der Waals surface area contributed by atoms with Crippen LogP contribution in [0.1, 0.15) is 30.6 Å². The summed E-state index contributed by atoms with van der Waals surface area (Å²) in [5.74, 6) is -1.78. The normalized spacial score (nSPS) is 18.6. The van der Waals surface area contributed by atoms with Crippen LogP contribution in [0, 0.1) is 15.9 Å². The fraction of sp³-hybridized carbons (Fsp3) is 0.588. The number of hydrogen-bond acceptors (Lipinski definition) is 6. The van der Waals surface area contributed by atoms with Gasteiger partial charge in [-0.15, -0.1) is 0 Å². The quantitative estimate of drug-likeness (QED) is 0.485. The molecule has 1 heterocycles. The first-order chi connectivity index (χ1) is 12.7. The molecule has 0 N–H and O–H groups in total. The van der Waals surface area contributed by atoms with E-state index in [0.29, 0.717) is 19.0 Å². The Bertz CT molecular complexity index is 811. The minimum absolute atomic E-state index is 0.00450. The van der Waals surface area contributed by atoms with Gasteiger partial charge < -0.3 is 9.80 Å². The molecular weight excluding hydrogens is 377 g/mol. The van der Waals surface area contributed by atoms with Crippen LogP contribution >= 0.6 is 0 Å². The molecule has 0 radical (unpaired) electrons. The highest BCUT2D eigenvalue weighted by atomic mass is 32.2. The predicted molar refractivity (Wildman–Crippen MR) is 98.9 cm³/mol. The lowest BCUT2D eigenvalue weighted by Crippen LogP contribution is -2.45. The van der Waals surface area contributed by atoms with Crippen molar-refractivity contribution < 1.29 is 22.5 Å². The molecule has 0 aliphatic carbocycles. The molecule has 1 aromatic rings. The SMILES string of the molecule is CCN(CC)CCN(C(=O)c1ccc([N+](=O)[O-])cc1F)C1CCS(=O)(=O)C1. The molecule has 8 nitrogen and oxygen atoms in total. The number of halogens is 1. The van der Waals surface area contributed by atoms with E-state index >= 15 is 0 Å². The van der Waals surface area contributed by atoms with Gasteiger partial charge in [0.15, 0.2) is 9.84 Å². The van der Waals surface area contributed by atoms with Gasteiger partial charge in [-0.3, -0.25) is 14.9 Å². The summed E-state index contributed by atoms with van der Waals surface area (Å²) in [6, 6.07) is 2.35. The summed E-state index contributed by atoms with van der Waals surface area (Å²) in [5.41, 5.74) is -0.730. The summed E-state index contributed by atoms with van der Waals surface area (Å²) in [7, 11) is -3.22. The average Bonchev–Trinajstić information content (AvgIpc) is 2.97. The molecule has 10 heteroatoms. The van der Waals surface area contributed by atoms with Crippen LogP contribution < -0.4 is 0 Å². The smallest absolute Gasteiger partial charge is 0.272 e. The zero-order valence-electron chi connectivity index (χ0n) is 15.4. The highest BCUT2D eigenvalue weighted by molar-refractivity contribution is 7.91. The van der Waals surface area contributed by atoms with Crippen molar-refractivity contribution in [2.75, 3.05) is 37.7 Å². The molecule has 2 rings (SSSR count).